The normalized spacial score (nSPS) is 22.0. The molecule has 0 fully saturated rings. The van der Waals surface area contributed by atoms with Crippen LogP contribution < -0.4 is 5.32 Å². The van der Waals surface area contributed by atoms with Crippen LogP contribution in [0.5, 0.6) is 0 Å². The van der Waals surface area contributed by atoms with Crippen LogP contribution in [0, 0.1) is 5.92 Å². The molecular weight excluding hydrogens is 368 g/mol. The molecule has 1 aliphatic heterocycles. The summed E-state index contributed by atoms with van der Waals surface area (Å²) in [5, 5.41) is 12.1. The van der Waals surface area contributed by atoms with E-state index >= 15 is 0 Å². The van der Waals surface area contributed by atoms with Gasteiger partial charge in [0.1, 0.15) is 6.04 Å². The number of likely N-dealkylation sites (N-methyl/N-ethyl adjacent to an activating group) is 1. The average Bonchev–Trinajstić information content (AvgIpc) is 2.71. The van der Waals surface area contributed by atoms with Crippen molar-refractivity contribution in [3.63, 3.8) is 0 Å². The first-order chi connectivity index (χ1) is 14.0. The van der Waals surface area contributed by atoms with Crippen molar-refractivity contribution in [1.82, 2.24) is 10.2 Å². The summed E-state index contributed by atoms with van der Waals surface area (Å²) in [5.41, 5.74) is 1.10. The van der Waals surface area contributed by atoms with Crippen LogP contribution in [0.1, 0.15) is 50.5 Å². The van der Waals surface area contributed by atoms with Crippen molar-refractivity contribution in [3.8, 4) is 0 Å². The van der Waals surface area contributed by atoms with Crippen molar-refractivity contribution in [2.24, 2.45) is 5.92 Å². The Labute approximate surface area is 173 Å². The van der Waals surface area contributed by atoms with Gasteiger partial charge < -0.3 is 15.3 Å². The van der Waals surface area contributed by atoms with Gasteiger partial charge in [-0.25, -0.2) is 0 Å². The van der Waals surface area contributed by atoms with Crippen LogP contribution in [0.15, 0.2) is 42.5 Å². The van der Waals surface area contributed by atoms with Gasteiger partial charge in [0.2, 0.25) is 11.8 Å². The predicted octanol–water partition coefficient (Wildman–Crippen LogP) is 3.17. The highest BCUT2D eigenvalue weighted by atomic mass is 16.4. The first-order valence-corrected chi connectivity index (χ1v) is 10.4. The molecule has 1 aliphatic rings. The van der Waals surface area contributed by atoms with Crippen LogP contribution >= 0.6 is 0 Å². The molecule has 2 N–H and O–H groups in total. The van der Waals surface area contributed by atoms with Gasteiger partial charge in [-0.3, -0.25) is 14.4 Å². The Kier molecular flexibility index (Phi) is 9.41. The number of carboxylic acid groups (broad SMARTS) is 1. The van der Waals surface area contributed by atoms with Gasteiger partial charge >= 0.3 is 5.97 Å². The highest BCUT2D eigenvalue weighted by molar-refractivity contribution is 5.89. The maximum atomic E-state index is 13.0. The number of carbonyl (C=O) groups excluding carboxylic acids is 2. The molecule has 0 aromatic heterocycles. The van der Waals surface area contributed by atoms with Gasteiger partial charge in [0, 0.05) is 19.5 Å². The Morgan fingerprint density at radius 2 is 1.83 bits per heavy atom. The van der Waals surface area contributed by atoms with E-state index in [2.05, 4.69) is 17.5 Å². The third-order valence-electron chi connectivity index (χ3n) is 5.30. The summed E-state index contributed by atoms with van der Waals surface area (Å²) in [7, 11) is 1.76. The van der Waals surface area contributed by atoms with Gasteiger partial charge in [0.15, 0.2) is 0 Å². The minimum Gasteiger partial charge on any atom is -0.481 e. The van der Waals surface area contributed by atoms with Crippen LogP contribution in [-0.4, -0.2) is 47.4 Å². The van der Waals surface area contributed by atoms with Gasteiger partial charge in [-0.05, 0) is 50.5 Å². The third-order valence-corrected chi connectivity index (χ3v) is 5.30. The van der Waals surface area contributed by atoms with E-state index in [-0.39, 0.29) is 18.2 Å². The number of rotatable bonds is 5. The molecule has 2 amide bonds. The number of aryl methyl sites for hydroxylation is 1. The summed E-state index contributed by atoms with van der Waals surface area (Å²) < 4.78 is 0. The quantitative estimate of drug-likeness (QED) is 0.743. The fraction of sp³-hybridized carbons (Fsp3) is 0.522. The van der Waals surface area contributed by atoms with Gasteiger partial charge in [-0.1, -0.05) is 42.5 Å². The molecule has 1 aromatic rings. The molecule has 0 bridgehead atoms. The Bertz CT molecular complexity index is 702. The maximum Gasteiger partial charge on any atom is 0.304 e. The Balaban J connectivity index is 2.15. The van der Waals surface area contributed by atoms with Crippen molar-refractivity contribution >= 4 is 17.8 Å². The number of carbonyl (C=O) groups is 3. The van der Waals surface area contributed by atoms with E-state index in [1.807, 2.05) is 30.3 Å². The molecule has 0 aliphatic carbocycles. The maximum absolute atomic E-state index is 13.0. The second-order valence-electron chi connectivity index (χ2n) is 7.68. The largest absolute Gasteiger partial charge is 0.481 e. The minimum atomic E-state index is -0.994. The average molecular weight is 401 g/mol. The lowest BCUT2D eigenvalue weighted by atomic mass is 9.95. The number of nitrogens with zero attached hydrogens (tertiary/aromatic N) is 1. The molecule has 0 radical (unpaired) electrons. The Morgan fingerprint density at radius 1 is 1.14 bits per heavy atom. The molecule has 1 aromatic carbocycles. The molecule has 0 spiro atoms. The number of benzene rings is 1. The number of amides is 2. The van der Waals surface area contributed by atoms with Crippen LogP contribution in [0.4, 0.5) is 0 Å². The third kappa shape index (κ3) is 8.10. The van der Waals surface area contributed by atoms with Gasteiger partial charge in [0.05, 0.1) is 6.42 Å². The molecule has 6 nitrogen and oxygen atoms in total. The SMILES string of the molecule is CN1CCCC=CCCC[C@H](CC(=O)O)C(=O)N[C@@H](CCc2ccccc2)C1=O. The lowest BCUT2D eigenvalue weighted by Gasteiger charge is -2.26. The molecule has 1 heterocycles. The Morgan fingerprint density at radius 3 is 2.52 bits per heavy atom. The Hall–Kier alpha value is -2.63. The summed E-state index contributed by atoms with van der Waals surface area (Å²) in [6.45, 7) is 0.624. The van der Waals surface area contributed by atoms with E-state index in [0.29, 0.717) is 25.8 Å². The van der Waals surface area contributed by atoms with E-state index in [1.54, 1.807) is 11.9 Å². The van der Waals surface area contributed by atoms with Crippen LogP contribution in [-0.2, 0) is 20.8 Å². The number of carboxylic acids is 1. The standard InChI is InChI=1S/C23H32N2O4/c1-25-16-10-5-3-2-4-9-13-19(17-21(26)27)22(28)24-20(23(25)29)15-14-18-11-7-6-8-12-18/h2-3,6-8,11-12,19-20H,4-5,9-10,13-17H2,1H3,(H,24,28)(H,26,27)/t19-,20+/m1/s1. The lowest BCUT2D eigenvalue weighted by molar-refractivity contribution is -0.142. The summed E-state index contributed by atoms with van der Waals surface area (Å²) in [5.74, 6) is -2.08. The first-order valence-electron chi connectivity index (χ1n) is 10.4. The molecule has 0 saturated heterocycles. The zero-order valence-electron chi connectivity index (χ0n) is 17.2. The fourth-order valence-corrected chi connectivity index (χ4v) is 3.58. The second-order valence-corrected chi connectivity index (χ2v) is 7.68. The van der Waals surface area contributed by atoms with Crippen molar-refractivity contribution in [2.75, 3.05) is 13.6 Å². The van der Waals surface area contributed by atoms with Gasteiger partial charge in [-0.15, -0.1) is 0 Å². The molecule has 29 heavy (non-hydrogen) atoms. The van der Waals surface area contributed by atoms with E-state index < -0.39 is 17.9 Å². The zero-order valence-corrected chi connectivity index (χ0v) is 17.2. The van der Waals surface area contributed by atoms with Gasteiger partial charge in [0.25, 0.3) is 0 Å². The lowest BCUT2D eigenvalue weighted by Crippen LogP contribution is -2.49. The summed E-state index contributed by atoms with van der Waals surface area (Å²) in [4.78, 5) is 38.7. The smallest absolute Gasteiger partial charge is 0.304 e. The molecule has 2 rings (SSSR count). The number of hydrogen-bond donors (Lipinski definition) is 2. The van der Waals surface area contributed by atoms with Crippen molar-refractivity contribution in [3.05, 3.63) is 48.0 Å². The van der Waals surface area contributed by atoms with E-state index in [4.69, 9.17) is 0 Å². The molecule has 0 unspecified atom stereocenters. The number of allylic oxidation sites excluding steroid dienone is 2. The molecule has 6 heteroatoms. The van der Waals surface area contributed by atoms with E-state index in [1.165, 1.54) is 0 Å². The number of aliphatic carboxylic acids is 1. The number of hydrogen-bond acceptors (Lipinski definition) is 3. The molecule has 0 saturated carbocycles. The van der Waals surface area contributed by atoms with Crippen LogP contribution in [0.25, 0.3) is 0 Å². The topological polar surface area (TPSA) is 86.7 Å². The summed E-state index contributed by atoms with van der Waals surface area (Å²) in [6.07, 6.45) is 8.96. The second kappa shape index (κ2) is 12.0. The zero-order chi connectivity index (χ0) is 21.1. The predicted molar refractivity (Wildman–Crippen MR) is 112 cm³/mol. The molecular formula is C23H32N2O4. The van der Waals surface area contributed by atoms with Crippen molar-refractivity contribution < 1.29 is 19.5 Å². The minimum absolute atomic E-state index is 0.121. The van der Waals surface area contributed by atoms with Crippen LogP contribution in [0.3, 0.4) is 0 Å². The highest BCUT2D eigenvalue weighted by Gasteiger charge is 2.28. The summed E-state index contributed by atoms with van der Waals surface area (Å²) in [6, 6.07) is 9.19. The monoisotopic (exact) mass is 400 g/mol. The van der Waals surface area contributed by atoms with E-state index in [0.717, 1.165) is 31.2 Å². The summed E-state index contributed by atoms with van der Waals surface area (Å²) >= 11 is 0. The molecule has 158 valence electrons. The first kappa shape index (κ1) is 22.7. The van der Waals surface area contributed by atoms with Gasteiger partial charge in [-0.2, -0.15) is 0 Å². The van der Waals surface area contributed by atoms with Crippen LogP contribution in [0.2, 0.25) is 0 Å². The molecule has 2 atom stereocenters. The van der Waals surface area contributed by atoms with Crippen molar-refractivity contribution in [1.29, 1.82) is 0 Å². The highest BCUT2D eigenvalue weighted by Crippen LogP contribution is 2.16. The van der Waals surface area contributed by atoms with Crippen molar-refractivity contribution in [2.45, 2.75) is 57.4 Å². The number of nitrogens with one attached hydrogen (secondary N) is 1. The van der Waals surface area contributed by atoms with E-state index in [9.17, 15) is 19.5 Å². The fourth-order valence-electron chi connectivity index (χ4n) is 3.58.